The zero-order valence-corrected chi connectivity index (χ0v) is 13.8. The van der Waals surface area contributed by atoms with Crippen molar-refractivity contribution < 1.29 is 5.11 Å². The molecule has 0 spiro atoms. The van der Waals surface area contributed by atoms with E-state index in [-0.39, 0.29) is 0 Å². The zero-order chi connectivity index (χ0) is 15.0. The molecule has 0 amide bonds. The van der Waals surface area contributed by atoms with Crippen LogP contribution in [0.15, 0.2) is 59.1 Å². The first kappa shape index (κ1) is 14.6. The third-order valence-corrected chi connectivity index (χ3v) is 4.55. The van der Waals surface area contributed by atoms with E-state index in [1.807, 2.05) is 55.5 Å². The number of aliphatic hydroxyl groups excluding tert-OH is 1. The average Bonchev–Trinajstić information content (AvgIpc) is 2.49. The third-order valence-electron chi connectivity index (χ3n) is 3.65. The lowest BCUT2D eigenvalue weighted by Crippen LogP contribution is -2.00. The number of halogens is 2. The summed E-state index contributed by atoms with van der Waals surface area (Å²) in [7, 11) is 0. The molecule has 0 fully saturated rings. The molecule has 0 heterocycles. The molecule has 0 aliphatic rings. The first-order valence-electron chi connectivity index (χ1n) is 6.68. The number of benzene rings is 3. The minimum Gasteiger partial charge on any atom is -0.384 e. The van der Waals surface area contributed by atoms with E-state index in [2.05, 4.69) is 22.0 Å². The number of rotatable bonds is 2. The molecule has 1 unspecified atom stereocenters. The van der Waals surface area contributed by atoms with Crippen LogP contribution in [0.25, 0.3) is 10.8 Å². The lowest BCUT2D eigenvalue weighted by atomic mass is 9.98. The molecule has 0 bridgehead atoms. The molecular formula is C18H14BrClO. The van der Waals surface area contributed by atoms with Gasteiger partial charge in [0.05, 0.1) is 0 Å². The molecule has 1 atom stereocenters. The summed E-state index contributed by atoms with van der Waals surface area (Å²) < 4.78 is 1.05. The summed E-state index contributed by atoms with van der Waals surface area (Å²) in [5, 5.41) is 13.5. The highest BCUT2D eigenvalue weighted by atomic mass is 79.9. The van der Waals surface area contributed by atoms with Crippen LogP contribution in [0.4, 0.5) is 0 Å². The maximum Gasteiger partial charge on any atom is 0.104 e. The molecular weight excluding hydrogens is 348 g/mol. The summed E-state index contributed by atoms with van der Waals surface area (Å²) >= 11 is 9.61. The Labute approximate surface area is 137 Å². The number of hydrogen-bond donors (Lipinski definition) is 1. The van der Waals surface area contributed by atoms with E-state index in [9.17, 15) is 5.11 Å². The molecule has 3 rings (SSSR count). The van der Waals surface area contributed by atoms with Gasteiger partial charge in [0.2, 0.25) is 0 Å². The lowest BCUT2D eigenvalue weighted by Gasteiger charge is -2.13. The smallest absolute Gasteiger partial charge is 0.104 e. The van der Waals surface area contributed by atoms with Gasteiger partial charge in [0.15, 0.2) is 0 Å². The van der Waals surface area contributed by atoms with E-state index >= 15 is 0 Å². The van der Waals surface area contributed by atoms with Crippen LogP contribution in [0.1, 0.15) is 22.8 Å². The van der Waals surface area contributed by atoms with Gasteiger partial charge in [0, 0.05) is 9.50 Å². The van der Waals surface area contributed by atoms with Crippen molar-refractivity contribution in [1.29, 1.82) is 0 Å². The molecule has 1 nitrogen and oxygen atoms in total. The van der Waals surface area contributed by atoms with Crippen molar-refractivity contribution in [3.8, 4) is 0 Å². The van der Waals surface area contributed by atoms with E-state index < -0.39 is 6.10 Å². The Morgan fingerprint density at radius 1 is 0.905 bits per heavy atom. The van der Waals surface area contributed by atoms with Crippen LogP contribution in [0.3, 0.4) is 0 Å². The van der Waals surface area contributed by atoms with Crippen LogP contribution in [0.5, 0.6) is 0 Å². The second-order valence-electron chi connectivity index (χ2n) is 5.16. The molecule has 0 radical (unpaired) electrons. The van der Waals surface area contributed by atoms with E-state index in [0.717, 1.165) is 31.9 Å². The predicted molar refractivity (Wildman–Crippen MR) is 91.9 cm³/mol. The van der Waals surface area contributed by atoms with Gasteiger partial charge in [-0.3, -0.25) is 0 Å². The molecule has 0 saturated heterocycles. The molecule has 1 N–H and O–H groups in total. The Morgan fingerprint density at radius 3 is 2.29 bits per heavy atom. The number of hydrogen-bond acceptors (Lipinski definition) is 1. The molecule has 0 aliphatic heterocycles. The molecule has 3 aromatic rings. The summed E-state index contributed by atoms with van der Waals surface area (Å²) in [5.74, 6) is 0. The highest BCUT2D eigenvalue weighted by Gasteiger charge is 2.12. The monoisotopic (exact) mass is 360 g/mol. The highest BCUT2D eigenvalue weighted by Crippen LogP contribution is 2.29. The average molecular weight is 362 g/mol. The van der Waals surface area contributed by atoms with Gasteiger partial charge in [-0.1, -0.05) is 57.9 Å². The van der Waals surface area contributed by atoms with Gasteiger partial charge in [-0.2, -0.15) is 0 Å². The quantitative estimate of drug-likeness (QED) is 0.625. The minimum atomic E-state index is -0.670. The second-order valence-corrected chi connectivity index (χ2v) is 6.48. The van der Waals surface area contributed by atoms with Crippen molar-refractivity contribution in [1.82, 2.24) is 0 Å². The number of aliphatic hydroxyl groups is 1. The van der Waals surface area contributed by atoms with Crippen molar-refractivity contribution in [2.75, 3.05) is 0 Å². The SMILES string of the molecule is Cc1ccc(C(O)c2ccc3cc(Br)ccc3c2)cc1Cl. The third kappa shape index (κ3) is 2.98. The Balaban J connectivity index is 2.02. The van der Waals surface area contributed by atoms with Crippen LogP contribution >= 0.6 is 27.5 Å². The predicted octanol–water partition coefficient (Wildman–Crippen LogP) is 5.65. The van der Waals surface area contributed by atoms with Crippen molar-refractivity contribution >= 4 is 38.3 Å². The van der Waals surface area contributed by atoms with E-state index in [4.69, 9.17) is 11.6 Å². The topological polar surface area (TPSA) is 20.2 Å². The van der Waals surface area contributed by atoms with Gasteiger partial charge in [-0.25, -0.2) is 0 Å². The Morgan fingerprint density at radius 2 is 1.52 bits per heavy atom. The Kier molecular flexibility index (Phi) is 4.03. The van der Waals surface area contributed by atoms with Crippen molar-refractivity contribution in [2.24, 2.45) is 0 Å². The van der Waals surface area contributed by atoms with Gasteiger partial charge in [0.1, 0.15) is 6.10 Å². The maximum absolute atomic E-state index is 10.6. The van der Waals surface area contributed by atoms with Gasteiger partial charge in [-0.15, -0.1) is 0 Å². The molecule has 3 heteroatoms. The minimum absolute atomic E-state index is 0.670. The van der Waals surface area contributed by atoms with Gasteiger partial charge < -0.3 is 5.11 Å². The largest absolute Gasteiger partial charge is 0.384 e. The summed E-state index contributed by atoms with van der Waals surface area (Å²) in [6.07, 6.45) is -0.670. The number of fused-ring (bicyclic) bond motifs is 1. The first-order chi connectivity index (χ1) is 10.0. The summed E-state index contributed by atoms with van der Waals surface area (Å²) in [5.41, 5.74) is 2.68. The van der Waals surface area contributed by atoms with Gasteiger partial charge >= 0.3 is 0 Å². The molecule has 0 saturated carbocycles. The van der Waals surface area contributed by atoms with Crippen LogP contribution in [-0.2, 0) is 0 Å². The molecule has 106 valence electrons. The zero-order valence-electron chi connectivity index (χ0n) is 11.5. The summed E-state index contributed by atoms with van der Waals surface area (Å²) in [6, 6.07) is 17.8. The summed E-state index contributed by atoms with van der Waals surface area (Å²) in [6.45, 7) is 1.95. The van der Waals surface area contributed by atoms with Crippen molar-refractivity contribution in [3.63, 3.8) is 0 Å². The van der Waals surface area contributed by atoms with Crippen molar-refractivity contribution in [2.45, 2.75) is 13.0 Å². The van der Waals surface area contributed by atoms with E-state index in [0.29, 0.717) is 5.02 Å². The number of aryl methyl sites for hydroxylation is 1. The fourth-order valence-electron chi connectivity index (χ4n) is 2.38. The standard InChI is InChI=1S/C18H14BrClO/c1-11-2-3-15(10-17(11)20)18(21)14-5-4-13-9-16(19)7-6-12(13)8-14/h2-10,18,21H,1H3. The molecule has 3 aromatic carbocycles. The van der Waals surface area contributed by atoms with E-state index in [1.165, 1.54) is 0 Å². The van der Waals surface area contributed by atoms with Gasteiger partial charge in [0.25, 0.3) is 0 Å². The van der Waals surface area contributed by atoms with Crippen LogP contribution in [0, 0.1) is 6.92 Å². The fourth-order valence-corrected chi connectivity index (χ4v) is 2.94. The normalized spacial score (nSPS) is 12.6. The second kappa shape index (κ2) is 5.80. The Hall–Kier alpha value is -1.35. The van der Waals surface area contributed by atoms with Crippen LogP contribution in [-0.4, -0.2) is 5.11 Å². The van der Waals surface area contributed by atoms with Crippen LogP contribution in [0.2, 0.25) is 5.02 Å². The summed E-state index contributed by atoms with van der Waals surface area (Å²) in [4.78, 5) is 0. The van der Waals surface area contributed by atoms with E-state index in [1.54, 1.807) is 0 Å². The lowest BCUT2D eigenvalue weighted by molar-refractivity contribution is 0.220. The fraction of sp³-hybridized carbons (Fsp3) is 0.111. The molecule has 0 aromatic heterocycles. The molecule has 21 heavy (non-hydrogen) atoms. The Bertz CT molecular complexity index is 813. The maximum atomic E-state index is 10.6. The molecule has 0 aliphatic carbocycles. The van der Waals surface area contributed by atoms with Crippen molar-refractivity contribution in [3.05, 3.63) is 80.8 Å². The first-order valence-corrected chi connectivity index (χ1v) is 7.85. The van der Waals surface area contributed by atoms with Crippen LogP contribution < -0.4 is 0 Å². The van der Waals surface area contributed by atoms with Gasteiger partial charge in [-0.05, 0) is 58.7 Å². The highest BCUT2D eigenvalue weighted by molar-refractivity contribution is 9.10.